The van der Waals surface area contributed by atoms with Crippen LogP contribution in [0.4, 0.5) is 0 Å². The fourth-order valence-electron chi connectivity index (χ4n) is 1.58. The smallest absolute Gasteiger partial charge is 0.0465 e. The lowest BCUT2D eigenvalue weighted by molar-refractivity contribution is 0.691. The van der Waals surface area contributed by atoms with Gasteiger partial charge in [0, 0.05) is 33.6 Å². The minimum absolute atomic E-state index is 0.712. The average Bonchev–Trinajstić information content (AvgIpc) is 2.80. The Hall–Kier alpha value is -0.540. The highest BCUT2D eigenvalue weighted by Crippen LogP contribution is 2.23. The lowest BCUT2D eigenvalue weighted by Crippen LogP contribution is -2.16. The summed E-state index contributed by atoms with van der Waals surface area (Å²) in [6.07, 6.45) is 1.04. The van der Waals surface area contributed by atoms with Crippen LogP contribution < -0.4 is 5.32 Å². The van der Waals surface area contributed by atoms with Gasteiger partial charge in [-0.1, -0.05) is 35.3 Å². The number of benzene rings is 1. The third-order valence-electron chi connectivity index (χ3n) is 2.49. The maximum Gasteiger partial charge on any atom is 0.0465 e. The van der Waals surface area contributed by atoms with Crippen molar-refractivity contribution < 1.29 is 0 Å². The summed E-state index contributed by atoms with van der Waals surface area (Å²) >= 11 is 14.0. The molecule has 17 heavy (non-hydrogen) atoms. The summed E-state index contributed by atoms with van der Waals surface area (Å²) < 4.78 is 0. The van der Waals surface area contributed by atoms with Gasteiger partial charge in [-0.2, -0.15) is 0 Å². The number of rotatable bonds is 5. The number of hydrogen-bond donors (Lipinski definition) is 1. The molecule has 0 amide bonds. The molecule has 0 aliphatic rings. The van der Waals surface area contributed by atoms with Crippen LogP contribution in [0.1, 0.15) is 10.4 Å². The minimum Gasteiger partial charge on any atom is -0.312 e. The molecule has 0 unspecified atom stereocenters. The maximum atomic E-state index is 6.09. The first kappa shape index (κ1) is 12.9. The van der Waals surface area contributed by atoms with Crippen molar-refractivity contribution in [1.82, 2.24) is 5.32 Å². The molecule has 2 aromatic rings. The van der Waals surface area contributed by atoms with E-state index < -0.39 is 0 Å². The second-order valence-corrected chi connectivity index (χ2v) is 5.55. The molecule has 1 heterocycles. The number of nitrogens with one attached hydrogen (secondary N) is 1. The maximum absolute atomic E-state index is 6.09. The standard InChI is InChI=1S/C13H13Cl2NS/c14-12-4-1-5-13(15)11(12)9-16-7-6-10-3-2-8-17-10/h1-5,8,16H,6-7,9H2. The van der Waals surface area contributed by atoms with E-state index >= 15 is 0 Å². The molecule has 0 aliphatic carbocycles. The zero-order chi connectivity index (χ0) is 12.1. The number of hydrogen-bond acceptors (Lipinski definition) is 2. The molecule has 0 aliphatic heterocycles. The summed E-state index contributed by atoms with van der Waals surface area (Å²) in [5, 5.41) is 6.90. The Labute approximate surface area is 115 Å². The van der Waals surface area contributed by atoms with Gasteiger partial charge in [0.05, 0.1) is 0 Å². The van der Waals surface area contributed by atoms with Gasteiger partial charge in [-0.15, -0.1) is 11.3 Å². The van der Waals surface area contributed by atoms with Gasteiger partial charge in [0.25, 0.3) is 0 Å². The second kappa shape index (κ2) is 6.41. The fraction of sp³-hybridized carbons (Fsp3) is 0.231. The molecule has 0 radical (unpaired) electrons. The Morgan fingerprint density at radius 3 is 2.47 bits per heavy atom. The van der Waals surface area contributed by atoms with Crippen LogP contribution in [0.3, 0.4) is 0 Å². The summed E-state index contributed by atoms with van der Waals surface area (Å²) in [5.74, 6) is 0. The summed E-state index contributed by atoms with van der Waals surface area (Å²) in [6, 6.07) is 9.81. The molecule has 0 fully saturated rings. The number of thiophene rings is 1. The normalized spacial score (nSPS) is 10.7. The van der Waals surface area contributed by atoms with Crippen LogP contribution in [0.25, 0.3) is 0 Å². The first-order chi connectivity index (χ1) is 8.27. The highest BCUT2D eigenvalue weighted by atomic mass is 35.5. The predicted molar refractivity (Wildman–Crippen MR) is 76.2 cm³/mol. The van der Waals surface area contributed by atoms with E-state index in [-0.39, 0.29) is 0 Å². The summed E-state index contributed by atoms with van der Waals surface area (Å²) in [5.41, 5.74) is 0.974. The Bertz CT molecular complexity index is 448. The number of halogens is 2. The van der Waals surface area contributed by atoms with Crippen LogP contribution in [0.2, 0.25) is 10.0 Å². The molecule has 0 spiro atoms. The molecule has 2 rings (SSSR count). The first-order valence-electron chi connectivity index (χ1n) is 5.43. The van der Waals surface area contributed by atoms with Gasteiger partial charge < -0.3 is 5.32 Å². The van der Waals surface area contributed by atoms with E-state index in [1.54, 1.807) is 11.3 Å². The van der Waals surface area contributed by atoms with Crippen LogP contribution in [0.5, 0.6) is 0 Å². The van der Waals surface area contributed by atoms with Crippen LogP contribution in [-0.2, 0) is 13.0 Å². The van der Waals surface area contributed by atoms with Crippen LogP contribution in [-0.4, -0.2) is 6.54 Å². The van der Waals surface area contributed by atoms with Gasteiger partial charge in [0.15, 0.2) is 0 Å². The Balaban J connectivity index is 1.82. The molecular formula is C13H13Cl2NS. The summed E-state index contributed by atoms with van der Waals surface area (Å²) in [6.45, 7) is 1.64. The Kier molecular flexibility index (Phi) is 4.86. The van der Waals surface area contributed by atoms with E-state index in [1.807, 2.05) is 18.2 Å². The molecule has 0 atom stereocenters. The van der Waals surface area contributed by atoms with E-state index in [9.17, 15) is 0 Å². The van der Waals surface area contributed by atoms with Gasteiger partial charge in [-0.05, 0) is 30.0 Å². The molecule has 1 aromatic heterocycles. The minimum atomic E-state index is 0.712. The van der Waals surface area contributed by atoms with Crippen LogP contribution >= 0.6 is 34.5 Å². The largest absolute Gasteiger partial charge is 0.312 e. The third-order valence-corrected chi connectivity index (χ3v) is 4.14. The first-order valence-corrected chi connectivity index (χ1v) is 7.07. The van der Waals surface area contributed by atoms with E-state index in [0.717, 1.165) is 28.6 Å². The monoisotopic (exact) mass is 285 g/mol. The quantitative estimate of drug-likeness (QED) is 0.804. The van der Waals surface area contributed by atoms with Gasteiger partial charge in [0.1, 0.15) is 0 Å². The molecule has 1 aromatic carbocycles. The topological polar surface area (TPSA) is 12.0 Å². The molecule has 4 heteroatoms. The van der Waals surface area contributed by atoms with Crippen molar-refractivity contribution in [2.45, 2.75) is 13.0 Å². The Morgan fingerprint density at radius 2 is 1.82 bits per heavy atom. The van der Waals surface area contributed by atoms with E-state index in [4.69, 9.17) is 23.2 Å². The molecular weight excluding hydrogens is 273 g/mol. The van der Waals surface area contributed by atoms with Crippen molar-refractivity contribution >= 4 is 34.5 Å². The molecule has 1 N–H and O–H groups in total. The molecule has 1 nitrogen and oxygen atoms in total. The third kappa shape index (κ3) is 3.71. The molecule has 0 saturated carbocycles. The summed E-state index contributed by atoms with van der Waals surface area (Å²) in [7, 11) is 0. The summed E-state index contributed by atoms with van der Waals surface area (Å²) in [4.78, 5) is 1.39. The van der Waals surface area contributed by atoms with Crippen molar-refractivity contribution in [3.05, 3.63) is 56.2 Å². The fourth-order valence-corrected chi connectivity index (χ4v) is 2.82. The van der Waals surface area contributed by atoms with Crippen molar-refractivity contribution in [3.63, 3.8) is 0 Å². The highest BCUT2D eigenvalue weighted by molar-refractivity contribution is 7.09. The molecule has 0 bridgehead atoms. The van der Waals surface area contributed by atoms with Crippen molar-refractivity contribution in [3.8, 4) is 0 Å². The Morgan fingerprint density at radius 1 is 1.06 bits per heavy atom. The molecule has 90 valence electrons. The lowest BCUT2D eigenvalue weighted by atomic mass is 10.2. The van der Waals surface area contributed by atoms with Crippen molar-refractivity contribution in [2.24, 2.45) is 0 Å². The van der Waals surface area contributed by atoms with Gasteiger partial charge in [0.2, 0.25) is 0 Å². The van der Waals surface area contributed by atoms with Gasteiger partial charge >= 0.3 is 0 Å². The van der Waals surface area contributed by atoms with Gasteiger partial charge in [-0.3, -0.25) is 0 Å². The SMILES string of the molecule is Clc1cccc(Cl)c1CNCCc1cccs1. The van der Waals surface area contributed by atoms with Gasteiger partial charge in [-0.25, -0.2) is 0 Å². The highest BCUT2D eigenvalue weighted by Gasteiger charge is 2.04. The van der Waals surface area contributed by atoms with Crippen LogP contribution in [0.15, 0.2) is 35.7 Å². The van der Waals surface area contributed by atoms with Crippen molar-refractivity contribution in [1.29, 1.82) is 0 Å². The second-order valence-electron chi connectivity index (χ2n) is 3.71. The van der Waals surface area contributed by atoms with E-state index in [0.29, 0.717) is 6.54 Å². The zero-order valence-corrected chi connectivity index (χ0v) is 11.6. The predicted octanol–water partition coefficient (Wildman–Crippen LogP) is 4.39. The van der Waals surface area contributed by atoms with Crippen molar-refractivity contribution in [2.75, 3.05) is 6.54 Å². The average molecular weight is 286 g/mol. The lowest BCUT2D eigenvalue weighted by Gasteiger charge is -2.08. The zero-order valence-electron chi connectivity index (χ0n) is 9.25. The molecule has 0 saturated heterocycles. The van der Waals surface area contributed by atoms with E-state index in [2.05, 4.69) is 22.8 Å². The van der Waals surface area contributed by atoms with E-state index in [1.165, 1.54) is 4.88 Å². The van der Waals surface area contributed by atoms with Crippen LogP contribution in [0, 0.1) is 0 Å².